The number of nitrogens with two attached hydrogens (primary N) is 1. The van der Waals surface area contributed by atoms with Crippen molar-refractivity contribution in [2.24, 2.45) is 0 Å². The lowest BCUT2D eigenvalue weighted by Crippen LogP contribution is -2.09. The molecule has 2 heterocycles. The molecular weight excluding hydrogens is 252 g/mol. The Labute approximate surface area is 107 Å². The predicted octanol–water partition coefficient (Wildman–Crippen LogP) is 0.643. The van der Waals surface area contributed by atoms with Gasteiger partial charge in [-0.3, -0.25) is 4.79 Å². The van der Waals surface area contributed by atoms with Crippen LogP contribution in [0.5, 0.6) is 0 Å². The van der Waals surface area contributed by atoms with Crippen LogP contribution in [0.3, 0.4) is 0 Å². The molecule has 0 amide bonds. The molecule has 94 valence electrons. The molecule has 7 nitrogen and oxygen atoms in total. The van der Waals surface area contributed by atoms with Crippen molar-refractivity contribution < 1.29 is 0 Å². The van der Waals surface area contributed by atoms with Crippen molar-refractivity contribution in [3.8, 4) is 0 Å². The maximum absolute atomic E-state index is 11.3. The Morgan fingerprint density at radius 2 is 2.11 bits per heavy atom. The molecule has 0 saturated heterocycles. The van der Waals surface area contributed by atoms with E-state index in [4.69, 9.17) is 5.73 Å². The zero-order valence-corrected chi connectivity index (χ0v) is 10.7. The van der Waals surface area contributed by atoms with Gasteiger partial charge in [-0.1, -0.05) is 0 Å². The van der Waals surface area contributed by atoms with Gasteiger partial charge >= 0.3 is 0 Å². The van der Waals surface area contributed by atoms with Gasteiger partial charge in [0.1, 0.15) is 22.5 Å². The molecule has 8 heteroatoms. The molecule has 0 unspecified atom stereocenters. The zero-order chi connectivity index (χ0) is 13.1. The highest BCUT2D eigenvalue weighted by atomic mass is 32.2. The third-order valence-corrected chi connectivity index (χ3v) is 2.82. The van der Waals surface area contributed by atoms with Crippen LogP contribution in [-0.4, -0.2) is 27.0 Å². The van der Waals surface area contributed by atoms with E-state index in [2.05, 4.69) is 25.3 Å². The van der Waals surface area contributed by atoms with Gasteiger partial charge in [0.05, 0.1) is 0 Å². The Hall–Kier alpha value is -2.09. The van der Waals surface area contributed by atoms with Crippen LogP contribution in [0.2, 0.25) is 0 Å². The molecule has 2 aromatic heterocycles. The Balaban J connectivity index is 2.33. The fourth-order valence-corrected chi connectivity index (χ4v) is 2.17. The zero-order valence-electron chi connectivity index (χ0n) is 9.89. The average Bonchev–Trinajstić information content (AvgIpc) is 2.26. The fraction of sp³-hybridized carbons (Fsp3) is 0.200. The summed E-state index contributed by atoms with van der Waals surface area (Å²) in [6.45, 7) is 1.79. The third-order valence-electron chi connectivity index (χ3n) is 2.01. The van der Waals surface area contributed by atoms with Gasteiger partial charge in [0.15, 0.2) is 5.16 Å². The first kappa shape index (κ1) is 12.4. The molecule has 0 saturated carbocycles. The van der Waals surface area contributed by atoms with Crippen LogP contribution in [-0.2, 0) is 0 Å². The molecule has 2 aromatic rings. The van der Waals surface area contributed by atoms with Crippen molar-refractivity contribution in [3.63, 3.8) is 0 Å². The molecule has 2 rings (SSSR count). The quantitative estimate of drug-likeness (QED) is 0.551. The van der Waals surface area contributed by atoms with Crippen molar-refractivity contribution in [1.82, 2.24) is 19.9 Å². The van der Waals surface area contributed by atoms with Gasteiger partial charge in [0, 0.05) is 19.2 Å². The monoisotopic (exact) mass is 264 g/mol. The normalized spacial score (nSPS) is 10.3. The topological polar surface area (TPSA) is 110 Å². The van der Waals surface area contributed by atoms with Crippen molar-refractivity contribution in [2.75, 3.05) is 18.1 Å². The van der Waals surface area contributed by atoms with E-state index >= 15 is 0 Å². The van der Waals surface area contributed by atoms with Crippen molar-refractivity contribution in [3.05, 3.63) is 28.3 Å². The highest BCUT2D eigenvalue weighted by Crippen LogP contribution is 2.23. The number of nitrogens with one attached hydrogen (secondary N) is 2. The smallest absolute Gasteiger partial charge is 0.253 e. The standard InChI is InChI=1S/C10H12N6OS/c1-5-13-7(12-2)4-9(14-5)18-10-15-6(11)3-8(17)16-10/h3-4H,1-2H3,(H,12,13,14)(H3,11,15,16,17). The number of rotatable bonds is 3. The second-order valence-corrected chi connectivity index (χ2v) is 4.48. The van der Waals surface area contributed by atoms with Crippen molar-refractivity contribution in [1.29, 1.82) is 0 Å². The molecule has 4 N–H and O–H groups in total. The number of anilines is 2. The van der Waals surface area contributed by atoms with E-state index in [1.807, 2.05) is 0 Å². The molecule has 0 fully saturated rings. The van der Waals surface area contributed by atoms with E-state index in [0.717, 1.165) is 0 Å². The lowest BCUT2D eigenvalue weighted by Gasteiger charge is -2.04. The Morgan fingerprint density at radius 3 is 2.78 bits per heavy atom. The van der Waals surface area contributed by atoms with Crippen LogP contribution in [0, 0.1) is 6.92 Å². The lowest BCUT2D eigenvalue weighted by molar-refractivity contribution is 0.926. The van der Waals surface area contributed by atoms with E-state index in [9.17, 15) is 4.79 Å². The highest BCUT2D eigenvalue weighted by molar-refractivity contribution is 7.99. The van der Waals surface area contributed by atoms with Crippen LogP contribution in [0.4, 0.5) is 11.6 Å². The van der Waals surface area contributed by atoms with Gasteiger partial charge in [-0.2, -0.15) is 0 Å². The summed E-state index contributed by atoms with van der Waals surface area (Å²) >= 11 is 1.22. The summed E-state index contributed by atoms with van der Waals surface area (Å²) in [5.74, 6) is 1.52. The van der Waals surface area contributed by atoms with Crippen LogP contribution >= 0.6 is 11.8 Å². The summed E-state index contributed by atoms with van der Waals surface area (Å²) in [4.78, 5) is 26.3. The van der Waals surface area contributed by atoms with Gasteiger partial charge in [0.25, 0.3) is 5.56 Å². The number of nitrogen functional groups attached to an aromatic ring is 1. The maximum Gasteiger partial charge on any atom is 0.253 e. The summed E-state index contributed by atoms with van der Waals surface area (Å²) in [6.07, 6.45) is 0. The second kappa shape index (κ2) is 5.05. The molecule has 0 atom stereocenters. The van der Waals surface area contributed by atoms with Crippen molar-refractivity contribution >= 4 is 23.4 Å². The molecular formula is C10H12N6OS. The average molecular weight is 264 g/mol. The predicted molar refractivity (Wildman–Crippen MR) is 69.7 cm³/mol. The number of hydrogen-bond acceptors (Lipinski definition) is 7. The molecule has 0 aliphatic rings. The van der Waals surface area contributed by atoms with Gasteiger partial charge in [-0.15, -0.1) is 0 Å². The maximum atomic E-state index is 11.3. The van der Waals surface area contributed by atoms with Gasteiger partial charge in [-0.25, -0.2) is 15.0 Å². The molecule has 0 aliphatic heterocycles. The van der Waals surface area contributed by atoms with E-state index in [1.165, 1.54) is 17.8 Å². The van der Waals surface area contributed by atoms with E-state index in [-0.39, 0.29) is 11.4 Å². The van der Waals surface area contributed by atoms with Crippen LogP contribution in [0.25, 0.3) is 0 Å². The summed E-state index contributed by atoms with van der Waals surface area (Å²) < 4.78 is 0. The van der Waals surface area contributed by atoms with Crippen molar-refractivity contribution in [2.45, 2.75) is 17.1 Å². The minimum atomic E-state index is -0.287. The SMILES string of the molecule is CNc1cc(Sc2nc(N)cc(=O)[nH]2)nc(C)n1. The summed E-state index contributed by atoms with van der Waals surface area (Å²) in [6, 6.07) is 3.00. The van der Waals surface area contributed by atoms with Crippen LogP contribution in [0.1, 0.15) is 5.82 Å². The first-order valence-electron chi connectivity index (χ1n) is 5.15. The molecule has 0 aliphatic carbocycles. The summed E-state index contributed by atoms with van der Waals surface area (Å²) in [7, 11) is 1.77. The minimum Gasteiger partial charge on any atom is -0.383 e. The van der Waals surface area contributed by atoms with Crippen LogP contribution in [0.15, 0.2) is 27.1 Å². The number of aromatic nitrogens is 4. The molecule has 0 spiro atoms. The number of hydrogen-bond donors (Lipinski definition) is 3. The number of nitrogens with zero attached hydrogens (tertiary/aromatic N) is 3. The Morgan fingerprint density at radius 1 is 1.33 bits per heavy atom. The number of H-pyrrole nitrogens is 1. The van der Waals surface area contributed by atoms with Gasteiger partial charge in [0.2, 0.25) is 0 Å². The number of aromatic amines is 1. The number of aryl methyl sites for hydroxylation is 1. The van der Waals surface area contributed by atoms with E-state index in [0.29, 0.717) is 21.8 Å². The Kier molecular flexibility index (Phi) is 3.47. The summed E-state index contributed by atoms with van der Waals surface area (Å²) in [5, 5.41) is 4.02. The lowest BCUT2D eigenvalue weighted by atomic mass is 10.5. The van der Waals surface area contributed by atoms with Gasteiger partial charge in [-0.05, 0) is 18.7 Å². The molecule has 0 aromatic carbocycles. The fourth-order valence-electron chi connectivity index (χ4n) is 1.32. The highest BCUT2D eigenvalue weighted by Gasteiger charge is 2.06. The second-order valence-electron chi connectivity index (χ2n) is 3.47. The van der Waals surface area contributed by atoms with E-state index < -0.39 is 0 Å². The third kappa shape index (κ3) is 2.98. The first-order chi connectivity index (χ1) is 8.56. The van der Waals surface area contributed by atoms with Crippen LogP contribution < -0.4 is 16.6 Å². The molecule has 0 radical (unpaired) electrons. The van der Waals surface area contributed by atoms with E-state index in [1.54, 1.807) is 20.0 Å². The molecule has 18 heavy (non-hydrogen) atoms. The minimum absolute atomic E-state index is 0.181. The largest absolute Gasteiger partial charge is 0.383 e. The molecule has 0 bridgehead atoms. The Bertz CT molecular complexity index is 626. The summed E-state index contributed by atoms with van der Waals surface area (Å²) in [5.41, 5.74) is 5.22. The van der Waals surface area contributed by atoms with Gasteiger partial charge < -0.3 is 16.0 Å². The first-order valence-corrected chi connectivity index (χ1v) is 5.96.